The fourth-order valence-electron chi connectivity index (χ4n) is 2.83. The molecule has 104 valence electrons. The molecule has 2 aromatic rings. The lowest BCUT2D eigenvalue weighted by atomic mass is 10.1. The van der Waals surface area contributed by atoms with Crippen LogP contribution in [0.25, 0.3) is 10.8 Å². The first kappa shape index (κ1) is 12.8. The molecule has 6 heteroatoms. The topological polar surface area (TPSA) is 94.1 Å². The lowest BCUT2D eigenvalue weighted by Crippen LogP contribution is -2.35. The Labute approximate surface area is 116 Å². The largest absolute Gasteiger partial charge is 0.380 e. The average Bonchev–Trinajstić information content (AvgIpc) is 2.84. The molecular formula is C14H16N4O2. The summed E-state index contributed by atoms with van der Waals surface area (Å²) in [5, 5.41) is 15.8. The summed E-state index contributed by atoms with van der Waals surface area (Å²) in [6.07, 6.45) is 6.35. The van der Waals surface area contributed by atoms with Gasteiger partial charge in [-0.05, 0) is 31.4 Å². The number of hydrogen-bond donors (Lipinski definition) is 2. The molecule has 1 saturated carbocycles. The molecule has 1 aliphatic rings. The van der Waals surface area contributed by atoms with E-state index in [4.69, 9.17) is 5.73 Å². The number of benzene rings is 1. The Bertz CT molecular complexity index is 659. The normalized spacial score (nSPS) is 22.1. The Morgan fingerprint density at radius 1 is 1.30 bits per heavy atom. The number of nitro benzene ring substituents is 1. The van der Waals surface area contributed by atoms with Gasteiger partial charge in [0.05, 0.1) is 10.3 Å². The van der Waals surface area contributed by atoms with Gasteiger partial charge in [0.2, 0.25) is 0 Å². The minimum Gasteiger partial charge on any atom is -0.380 e. The second-order valence-corrected chi connectivity index (χ2v) is 5.16. The van der Waals surface area contributed by atoms with Crippen molar-refractivity contribution in [2.24, 2.45) is 5.73 Å². The summed E-state index contributed by atoms with van der Waals surface area (Å²) < 4.78 is 0. The molecule has 1 aromatic heterocycles. The third kappa shape index (κ3) is 2.18. The number of fused-ring (bicyclic) bond motifs is 1. The Hall–Kier alpha value is -2.21. The van der Waals surface area contributed by atoms with E-state index >= 15 is 0 Å². The Morgan fingerprint density at radius 2 is 2.15 bits per heavy atom. The van der Waals surface area contributed by atoms with Crippen molar-refractivity contribution in [3.63, 3.8) is 0 Å². The fourth-order valence-corrected chi connectivity index (χ4v) is 2.83. The summed E-state index contributed by atoms with van der Waals surface area (Å²) in [4.78, 5) is 14.7. The molecule has 3 rings (SSSR count). The average molecular weight is 272 g/mol. The summed E-state index contributed by atoms with van der Waals surface area (Å²) in [6.45, 7) is 0. The smallest absolute Gasteiger partial charge is 0.278 e. The van der Waals surface area contributed by atoms with E-state index < -0.39 is 0 Å². The van der Waals surface area contributed by atoms with Gasteiger partial charge in [0, 0.05) is 41.6 Å². The molecule has 0 saturated heterocycles. The van der Waals surface area contributed by atoms with Crippen LogP contribution in [-0.4, -0.2) is 22.0 Å². The summed E-state index contributed by atoms with van der Waals surface area (Å²) in [5.41, 5.74) is 7.03. The molecule has 0 spiro atoms. The summed E-state index contributed by atoms with van der Waals surface area (Å²) in [5.74, 6) is 0. The minimum absolute atomic E-state index is 0.0781. The number of pyridine rings is 1. The highest BCUT2D eigenvalue weighted by Gasteiger charge is 2.24. The molecule has 0 radical (unpaired) electrons. The van der Waals surface area contributed by atoms with E-state index in [9.17, 15) is 10.1 Å². The molecular weight excluding hydrogens is 256 g/mol. The zero-order valence-electron chi connectivity index (χ0n) is 11.0. The maximum atomic E-state index is 11.1. The number of anilines is 1. The Kier molecular flexibility index (Phi) is 3.23. The van der Waals surface area contributed by atoms with Gasteiger partial charge in [-0.25, -0.2) is 0 Å². The highest BCUT2D eigenvalue weighted by Crippen LogP contribution is 2.32. The maximum Gasteiger partial charge on any atom is 0.278 e. The molecule has 0 aliphatic heterocycles. The zero-order chi connectivity index (χ0) is 14.1. The first-order valence-electron chi connectivity index (χ1n) is 6.70. The molecule has 2 atom stereocenters. The van der Waals surface area contributed by atoms with Gasteiger partial charge in [-0.2, -0.15) is 0 Å². The van der Waals surface area contributed by atoms with Crippen molar-refractivity contribution in [2.45, 2.75) is 31.3 Å². The van der Waals surface area contributed by atoms with Gasteiger partial charge in [-0.3, -0.25) is 15.1 Å². The lowest BCUT2D eigenvalue weighted by molar-refractivity contribution is -0.383. The van der Waals surface area contributed by atoms with E-state index in [1.165, 1.54) is 12.3 Å². The van der Waals surface area contributed by atoms with Crippen molar-refractivity contribution in [1.82, 2.24) is 4.98 Å². The number of nitrogens with one attached hydrogen (secondary N) is 1. The van der Waals surface area contributed by atoms with E-state index in [2.05, 4.69) is 10.3 Å². The van der Waals surface area contributed by atoms with E-state index in [0.717, 1.165) is 30.3 Å². The molecule has 1 aliphatic carbocycles. The molecule has 3 N–H and O–H groups in total. The summed E-state index contributed by atoms with van der Waals surface area (Å²) in [6, 6.07) is 5.44. The van der Waals surface area contributed by atoms with Crippen molar-refractivity contribution in [1.29, 1.82) is 0 Å². The minimum atomic E-state index is -0.380. The second-order valence-electron chi connectivity index (χ2n) is 5.16. The maximum absolute atomic E-state index is 11.1. The number of nitrogens with zero attached hydrogens (tertiary/aromatic N) is 2. The van der Waals surface area contributed by atoms with Crippen LogP contribution < -0.4 is 11.1 Å². The van der Waals surface area contributed by atoms with E-state index in [1.807, 2.05) is 0 Å². The number of hydrogen-bond acceptors (Lipinski definition) is 5. The molecule has 1 fully saturated rings. The van der Waals surface area contributed by atoms with Crippen molar-refractivity contribution >= 4 is 22.1 Å². The van der Waals surface area contributed by atoms with E-state index in [-0.39, 0.29) is 22.7 Å². The quantitative estimate of drug-likeness (QED) is 0.661. The number of nitro groups is 1. The van der Waals surface area contributed by atoms with Crippen molar-refractivity contribution in [2.75, 3.05) is 5.32 Å². The van der Waals surface area contributed by atoms with Crippen LogP contribution in [0, 0.1) is 10.1 Å². The van der Waals surface area contributed by atoms with Crippen LogP contribution in [0.5, 0.6) is 0 Å². The van der Waals surface area contributed by atoms with E-state index in [0.29, 0.717) is 5.39 Å². The predicted octanol–water partition coefficient (Wildman–Crippen LogP) is 2.43. The van der Waals surface area contributed by atoms with Gasteiger partial charge in [-0.15, -0.1) is 0 Å². The summed E-state index contributed by atoms with van der Waals surface area (Å²) >= 11 is 0. The highest BCUT2D eigenvalue weighted by atomic mass is 16.6. The zero-order valence-corrected chi connectivity index (χ0v) is 11.0. The molecule has 6 nitrogen and oxygen atoms in total. The van der Waals surface area contributed by atoms with Crippen molar-refractivity contribution in [3.8, 4) is 0 Å². The molecule has 1 aromatic carbocycles. The first-order valence-corrected chi connectivity index (χ1v) is 6.70. The highest BCUT2D eigenvalue weighted by molar-refractivity contribution is 5.99. The van der Waals surface area contributed by atoms with Gasteiger partial charge in [0.25, 0.3) is 5.69 Å². The van der Waals surface area contributed by atoms with Gasteiger partial charge < -0.3 is 11.1 Å². The first-order chi connectivity index (χ1) is 9.66. The van der Waals surface area contributed by atoms with Crippen LogP contribution in [0.3, 0.4) is 0 Å². The predicted molar refractivity (Wildman–Crippen MR) is 77.6 cm³/mol. The summed E-state index contributed by atoms with van der Waals surface area (Å²) in [7, 11) is 0. The van der Waals surface area contributed by atoms with Gasteiger partial charge in [-0.1, -0.05) is 0 Å². The SMILES string of the molecule is NC1CCCC1Nc1ccc([N+](=O)[O-])c2cnccc12. The number of aromatic nitrogens is 1. The van der Waals surface area contributed by atoms with Crippen LogP contribution in [-0.2, 0) is 0 Å². The molecule has 0 bridgehead atoms. The molecule has 0 amide bonds. The number of nitrogens with two attached hydrogens (primary N) is 1. The van der Waals surface area contributed by atoms with Crippen LogP contribution >= 0.6 is 0 Å². The monoisotopic (exact) mass is 272 g/mol. The third-order valence-electron chi connectivity index (χ3n) is 3.90. The number of non-ortho nitro benzene ring substituents is 1. The standard InChI is InChI=1S/C14H16N4O2/c15-11-2-1-3-13(11)17-12-4-5-14(18(19)20)10-8-16-7-6-9(10)12/h4-8,11,13,17H,1-3,15H2. The van der Waals surface area contributed by atoms with Crippen LogP contribution in [0.2, 0.25) is 0 Å². The Morgan fingerprint density at radius 3 is 2.85 bits per heavy atom. The van der Waals surface area contributed by atoms with Gasteiger partial charge >= 0.3 is 0 Å². The molecule has 20 heavy (non-hydrogen) atoms. The lowest BCUT2D eigenvalue weighted by Gasteiger charge is -2.19. The molecule has 1 heterocycles. The third-order valence-corrected chi connectivity index (χ3v) is 3.90. The fraction of sp³-hybridized carbons (Fsp3) is 0.357. The van der Waals surface area contributed by atoms with Crippen LogP contribution in [0.15, 0.2) is 30.6 Å². The van der Waals surface area contributed by atoms with Gasteiger partial charge in [0.15, 0.2) is 0 Å². The van der Waals surface area contributed by atoms with Crippen LogP contribution in [0.1, 0.15) is 19.3 Å². The molecule has 2 unspecified atom stereocenters. The van der Waals surface area contributed by atoms with E-state index in [1.54, 1.807) is 18.3 Å². The van der Waals surface area contributed by atoms with Crippen molar-refractivity contribution < 1.29 is 4.92 Å². The van der Waals surface area contributed by atoms with Gasteiger partial charge in [0.1, 0.15) is 0 Å². The Balaban J connectivity index is 2.04. The van der Waals surface area contributed by atoms with Crippen LogP contribution in [0.4, 0.5) is 11.4 Å². The second kappa shape index (κ2) is 5.05. The number of rotatable bonds is 3. The van der Waals surface area contributed by atoms with Crippen molar-refractivity contribution in [3.05, 3.63) is 40.7 Å².